The molecule has 3 rings (SSSR count). The average molecular weight is 478 g/mol. The molecule has 0 saturated carbocycles. The molecule has 2 N–H and O–H groups in total. The van der Waals surface area contributed by atoms with Crippen LogP contribution in [0.1, 0.15) is 44.7 Å². The van der Waals surface area contributed by atoms with Crippen LogP contribution in [0.3, 0.4) is 0 Å². The molecule has 10 heteroatoms. The van der Waals surface area contributed by atoms with Crippen LogP contribution < -0.4 is 14.8 Å². The molecule has 1 aromatic carbocycles. The lowest BCUT2D eigenvalue weighted by molar-refractivity contribution is 0.430. The Morgan fingerprint density at radius 2 is 1.97 bits per heavy atom. The van der Waals surface area contributed by atoms with Gasteiger partial charge in [-0.25, -0.2) is 23.6 Å². The molecule has 0 aliphatic rings. The van der Waals surface area contributed by atoms with Gasteiger partial charge in [-0.1, -0.05) is 6.92 Å². The number of nitrogens with one attached hydrogen (secondary N) is 2. The quantitative estimate of drug-likeness (QED) is 0.402. The highest BCUT2D eigenvalue weighted by Crippen LogP contribution is 2.38. The van der Waals surface area contributed by atoms with E-state index in [2.05, 4.69) is 38.8 Å². The van der Waals surface area contributed by atoms with Crippen LogP contribution in [0.15, 0.2) is 24.4 Å². The molecule has 0 amide bonds. The molecular formula is C22H28FN5O2S2. The highest BCUT2D eigenvalue weighted by molar-refractivity contribution is 7.86. The van der Waals surface area contributed by atoms with Crippen LogP contribution in [0.4, 0.5) is 16.0 Å². The van der Waals surface area contributed by atoms with E-state index in [1.807, 2.05) is 20.8 Å². The van der Waals surface area contributed by atoms with Crippen LogP contribution in [0.2, 0.25) is 0 Å². The first-order valence-electron chi connectivity index (χ1n) is 10.4. The number of hydrogen-bond acceptors (Lipinski definition) is 7. The highest BCUT2D eigenvalue weighted by atomic mass is 32.2. The van der Waals surface area contributed by atoms with Gasteiger partial charge < -0.3 is 14.8 Å². The summed E-state index contributed by atoms with van der Waals surface area (Å²) in [6.07, 6.45) is 2.61. The monoisotopic (exact) mass is 477 g/mol. The number of nitrogens with zero attached hydrogens (tertiary/aromatic N) is 3. The van der Waals surface area contributed by atoms with Gasteiger partial charge in [0.1, 0.15) is 15.9 Å². The van der Waals surface area contributed by atoms with Crippen molar-refractivity contribution in [3.63, 3.8) is 0 Å². The summed E-state index contributed by atoms with van der Waals surface area (Å²) in [5.41, 5.74) is 1.83. The number of benzene rings is 1. The molecule has 2 unspecified atom stereocenters. The third kappa shape index (κ3) is 5.80. The van der Waals surface area contributed by atoms with Gasteiger partial charge in [-0.3, -0.25) is 0 Å². The molecule has 7 nitrogen and oxygen atoms in total. The van der Waals surface area contributed by atoms with Gasteiger partial charge in [0.25, 0.3) is 0 Å². The fourth-order valence-corrected chi connectivity index (χ4v) is 4.18. The molecule has 0 radical (unpaired) electrons. The molecule has 2 heterocycles. The normalized spacial score (nSPS) is 13.1. The zero-order valence-electron chi connectivity index (χ0n) is 19.0. The number of hydrogen-bond donors (Lipinski definition) is 2. The summed E-state index contributed by atoms with van der Waals surface area (Å²) in [5.74, 6) is 0.272. The molecule has 0 aliphatic carbocycles. The minimum Gasteiger partial charge on any atom is -0.434 e. The summed E-state index contributed by atoms with van der Waals surface area (Å²) in [5, 5.41) is 3.93. The van der Waals surface area contributed by atoms with Crippen LogP contribution in [-0.2, 0) is 11.0 Å². The summed E-state index contributed by atoms with van der Waals surface area (Å²) >= 11 is 1.42. The molecule has 0 saturated heterocycles. The fraction of sp³-hybridized carbons (Fsp3) is 0.409. The predicted octanol–water partition coefficient (Wildman–Crippen LogP) is 5.84. The van der Waals surface area contributed by atoms with Crippen molar-refractivity contribution in [3.05, 3.63) is 40.8 Å². The van der Waals surface area contributed by atoms with Gasteiger partial charge in [0.15, 0.2) is 11.6 Å². The van der Waals surface area contributed by atoms with E-state index in [0.29, 0.717) is 27.8 Å². The number of aromatic nitrogens is 3. The molecule has 0 fully saturated rings. The highest BCUT2D eigenvalue weighted by Gasteiger charge is 2.19. The second-order valence-corrected chi connectivity index (χ2v) is 10.7. The Kier molecular flexibility index (Phi) is 7.78. The molecule has 172 valence electrons. The topological polar surface area (TPSA) is 89.0 Å². The van der Waals surface area contributed by atoms with Gasteiger partial charge in [-0.15, -0.1) is 11.3 Å². The largest absolute Gasteiger partial charge is 0.434 e. The minimum atomic E-state index is -1.31. The third-order valence-electron chi connectivity index (χ3n) is 4.70. The first-order chi connectivity index (χ1) is 15.2. The summed E-state index contributed by atoms with van der Waals surface area (Å²) < 4.78 is 35.7. The van der Waals surface area contributed by atoms with E-state index in [-0.39, 0.29) is 22.9 Å². The fourth-order valence-electron chi connectivity index (χ4n) is 2.69. The van der Waals surface area contributed by atoms with Crippen molar-refractivity contribution >= 4 is 34.0 Å². The standard InChI is InChI=1S/C22H28FN5O2S2/c1-7-14(5)25-22-24-9-8-17(27-22)20-21(26-15(6)31-20)30-19-10-13(4)18(11-16(19)23)28-32(29)12(2)3/h8-12,14,28H,7H2,1-6H3,(H,24,25,27). The zero-order chi connectivity index (χ0) is 23.4. The van der Waals surface area contributed by atoms with Crippen molar-refractivity contribution in [2.75, 3.05) is 10.0 Å². The maximum absolute atomic E-state index is 14.8. The Morgan fingerprint density at radius 1 is 1.22 bits per heavy atom. The third-order valence-corrected chi connectivity index (χ3v) is 6.96. The van der Waals surface area contributed by atoms with Crippen molar-refractivity contribution in [3.8, 4) is 22.2 Å². The van der Waals surface area contributed by atoms with Gasteiger partial charge in [0.05, 0.1) is 16.4 Å². The van der Waals surface area contributed by atoms with E-state index in [0.717, 1.165) is 11.4 Å². The van der Waals surface area contributed by atoms with Gasteiger partial charge in [0.2, 0.25) is 11.8 Å². The zero-order valence-corrected chi connectivity index (χ0v) is 20.7. The van der Waals surface area contributed by atoms with E-state index in [4.69, 9.17) is 4.74 Å². The lowest BCUT2D eigenvalue weighted by Crippen LogP contribution is -2.15. The van der Waals surface area contributed by atoms with Crippen LogP contribution >= 0.6 is 11.3 Å². The lowest BCUT2D eigenvalue weighted by Gasteiger charge is -2.14. The predicted molar refractivity (Wildman–Crippen MR) is 129 cm³/mol. The van der Waals surface area contributed by atoms with Crippen LogP contribution in [-0.4, -0.2) is 30.5 Å². The van der Waals surface area contributed by atoms with Gasteiger partial charge in [0, 0.05) is 23.6 Å². The Hall–Kier alpha value is -2.59. The lowest BCUT2D eigenvalue weighted by atomic mass is 10.2. The molecule has 32 heavy (non-hydrogen) atoms. The summed E-state index contributed by atoms with van der Waals surface area (Å²) in [7, 11) is -1.31. The van der Waals surface area contributed by atoms with Crippen LogP contribution in [0.25, 0.3) is 10.6 Å². The molecule has 3 aromatic rings. The Balaban J connectivity index is 1.90. The van der Waals surface area contributed by atoms with E-state index >= 15 is 0 Å². The van der Waals surface area contributed by atoms with Gasteiger partial charge >= 0.3 is 0 Å². The minimum absolute atomic E-state index is 0.0435. The first kappa shape index (κ1) is 24.1. The van der Waals surface area contributed by atoms with E-state index < -0.39 is 16.8 Å². The maximum atomic E-state index is 14.8. The Labute approximate surface area is 194 Å². The second-order valence-electron chi connectivity index (χ2n) is 7.73. The Bertz CT molecular complexity index is 1120. The van der Waals surface area contributed by atoms with Crippen molar-refractivity contribution in [1.29, 1.82) is 0 Å². The van der Waals surface area contributed by atoms with E-state index in [9.17, 15) is 8.60 Å². The van der Waals surface area contributed by atoms with Crippen LogP contribution in [0, 0.1) is 19.7 Å². The number of halogens is 1. The average Bonchev–Trinajstić information content (AvgIpc) is 3.11. The first-order valence-corrected chi connectivity index (χ1v) is 12.4. The second kappa shape index (κ2) is 10.4. The van der Waals surface area contributed by atoms with E-state index in [1.165, 1.54) is 17.4 Å². The molecule has 0 spiro atoms. The molecule has 0 aliphatic heterocycles. The number of aryl methyl sites for hydroxylation is 2. The number of anilines is 2. The van der Waals surface area contributed by atoms with Gasteiger partial charge in [-0.05, 0) is 58.7 Å². The summed E-state index contributed by atoms with van der Waals surface area (Å²) in [6.45, 7) is 11.5. The smallest absolute Gasteiger partial charge is 0.240 e. The van der Waals surface area contributed by atoms with Crippen molar-refractivity contribution in [2.45, 2.75) is 59.3 Å². The number of rotatable bonds is 9. The molecular weight excluding hydrogens is 449 g/mol. The van der Waals surface area contributed by atoms with Crippen molar-refractivity contribution in [1.82, 2.24) is 15.0 Å². The van der Waals surface area contributed by atoms with Crippen molar-refractivity contribution < 1.29 is 13.3 Å². The number of thiazole rings is 1. The molecule has 2 aromatic heterocycles. The van der Waals surface area contributed by atoms with E-state index in [1.54, 1.807) is 25.3 Å². The van der Waals surface area contributed by atoms with Crippen LogP contribution in [0.5, 0.6) is 11.6 Å². The maximum Gasteiger partial charge on any atom is 0.240 e. The van der Waals surface area contributed by atoms with Crippen molar-refractivity contribution in [2.24, 2.45) is 0 Å². The molecule has 2 atom stereocenters. The Morgan fingerprint density at radius 3 is 2.66 bits per heavy atom. The summed E-state index contributed by atoms with van der Waals surface area (Å²) in [4.78, 5) is 14.0. The molecule has 0 bridgehead atoms. The SMILES string of the molecule is CCC(C)Nc1nccc(-c2sc(C)nc2Oc2cc(C)c(NS(=O)C(C)C)cc2F)n1. The number of ether oxygens (including phenoxy) is 1. The van der Waals surface area contributed by atoms with Gasteiger partial charge in [-0.2, -0.15) is 0 Å². The summed E-state index contributed by atoms with van der Waals surface area (Å²) in [6, 6.07) is 4.88.